The summed E-state index contributed by atoms with van der Waals surface area (Å²) < 4.78 is 5.14. The van der Waals surface area contributed by atoms with Crippen LogP contribution in [0.5, 0.6) is 0 Å². The Morgan fingerprint density at radius 1 is 1.06 bits per heavy atom. The summed E-state index contributed by atoms with van der Waals surface area (Å²) in [6, 6.07) is 9.82. The van der Waals surface area contributed by atoms with E-state index in [0.717, 1.165) is 17.0 Å². The third kappa shape index (κ3) is 1.86. The molecule has 0 unspecified atom stereocenters. The van der Waals surface area contributed by atoms with Gasteiger partial charge in [-0.05, 0) is 6.92 Å². The second-order valence-corrected chi connectivity index (χ2v) is 3.77. The lowest BCUT2D eigenvalue weighted by Gasteiger charge is -2.03. The molecule has 88 valence electrons. The second-order valence-electron chi connectivity index (χ2n) is 3.77. The molecule has 0 saturated heterocycles. The Bertz CT molecular complexity index is 650. The molecule has 0 fully saturated rings. The van der Waals surface area contributed by atoms with E-state index in [4.69, 9.17) is 4.42 Å². The topological polar surface area (TPSA) is 64.7 Å². The lowest BCUT2D eigenvalue weighted by atomic mass is 10.1. The average Bonchev–Trinajstić information content (AvgIpc) is 2.93. The molecular weight excluding hydrogens is 228 g/mol. The van der Waals surface area contributed by atoms with Crippen LogP contribution in [0, 0.1) is 6.92 Å². The number of aryl methyl sites for hydroxylation is 1. The Labute approximate surface area is 104 Å². The van der Waals surface area contributed by atoms with Crippen molar-refractivity contribution in [2.45, 2.75) is 6.92 Å². The first-order valence-corrected chi connectivity index (χ1v) is 5.51. The fourth-order valence-electron chi connectivity index (χ4n) is 1.69. The largest absolute Gasteiger partial charge is 0.442 e. The Morgan fingerprint density at radius 3 is 2.56 bits per heavy atom. The zero-order valence-corrected chi connectivity index (χ0v) is 9.74. The van der Waals surface area contributed by atoms with Gasteiger partial charge in [0.2, 0.25) is 5.82 Å². The van der Waals surface area contributed by atoms with Crippen molar-refractivity contribution in [2.24, 2.45) is 0 Å². The second kappa shape index (κ2) is 4.37. The van der Waals surface area contributed by atoms with Gasteiger partial charge in [-0.25, -0.2) is 9.97 Å². The van der Waals surface area contributed by atoms with Crippen molar-refractivity contribution in [3.8, 4) is 23.0 Å². The van der Waals surface area contributed by atoms with E-state index in [1.165, 1.54) is 6.26 Å². The molecule has 0 aliphatic carbocycles. The maximum atomic E-state index is 5.14. The summed E-state index contributed by atoms with van der Waals surface area (Å²) in [4.78, 5) is 8.36. The van der Waals surface area contributed by atoms with E-state index >= 15 is 0 Å². The van der Waals surface area contributed by atoms with Crippen LogP contribution in [0.4, 0.5) is 0 Å². The first-order chi connectivity index (χ1) is 8.84. The minimum absolute atomic E-state index is 0.380. The summed E-state index contributed by atoms with van der Waals surface area (Å²) in [7, 11) is 0. The number of nitrogens with zero attached hydrogens (tertiary/aromatic N) is 4. The summed E-state index contributed by atoms with van der Waals surface area (Å²) in [6.45, 7) is 1.89. The molecule has 0 amide bonds. The molecule has 0 radical (unpaired) electrons. The van der Waals surface area contributed by atoms with E-state index in [1.807, 2.05) is 37.3 Å². The molecular formula is C13H10N4O. The quantitative estimate of drug-likeness (QED) is 0.686. The standard InChI is InChI=1S/C13H10N4O/c1-9-11(10-5-3-2-4-6-10)16-17-12(15-9)13-14-7-8-18-13/h2-8H,1H3. The van der Waals surface area contributed by atoms with Crippen LogP contribution in [0.3, 0.4) is 0 Å². The zero-order chi connectivity index (χ0) is 12.4. The van der Waals surface area contributed by atoms with E-state index in [1.54, 1.807) is 6.20 Å². The highest BCUT2D eigenvalue weighted by Crippen LogP contribution is 2.20. The number of hydrogen-bond donors (Lipinski definition) is 0. The van der Waals surface area contributed by atoms with Gasteiger partial charge in [0.15, 0.2) is 0 Å². The van der Waals surface area contributed by atoms with Crippen molar-refractivity contribution in [1.82, 2.24) is 20.2 Å². The minimum atomic E-state index is 0.380. The smallest absolute Gasteiger partial charge is 0.266 e. The monoisotopic (exact) mass is 238 g/mol. The van der Waals surface area contributed by atoms with Gasteiger partial charge >= 0.3 is 0 Å². The lowest BCUT2D eigenvalue weighted by molar-refractivity contribution is 0.567. The van der Waals surface area contributed by atoms with E-state index in [9.17, 15) is 0 Å². The Hall–Kier alpha value is -2.56. The number of oxazole rings is 1. The van der Waals surface area contributed by atoms with Crippen molar-refractivity contribution in [2.75, 3.05) is 0 Å². The molecule has 0 atom stereocenters. The van der Waals surface area contributed by atoms with Gasteiger partial charge < -0.3 is 4.42 Å². The van der Waals surface area contributed by atoms with Crippen LogP contribution in [-0.4, -0.2) is 20.2 Å². The fourth-order valence-corrected chi connectivity index (χ4v) is 1.69. The molecule has 18 heavy (non-hydrogen) atoms. The molecule has 2 aromatic heterocycles. The van der Waals surface area contributed by atoms with Crippen LogP contribution < -0.4 is 0 Å². The summed E-state index contributed by atoms with van der Waals surface area (Å²) in [5.41, 5.74) is 2.56. The van der Waals surface area contributed by atoms with E-state index in [-0.39, 0.29) is 0 Å². The molecule has 1 aromatic carbocycles. The van der Waals surface area contributed by atoms with Gasteiger partial charge in [-0.3, -0.25) is 0 Å². The van der Waals surface area contributed by atoms with Crippen LogP contribution in [0.1, 0.15) is 5.69 Å². The molecule has 0 N–H and O–H groups in total. The highest BCUT2D eigenvalue weighted by atomic mass is 16.3. The highest BCUT2D eigenvalue weighted by molar-refractivity contribution is 5.61. The van der Waals surface area contributed by atoms with Crippen LogP contribution in [0.2, 0.25) is 0 Å². The summed E-state index contributed by atoms with van der Waals surface area (Å²) in [5.74, 6) is 0.780. The van der Waals surface area contributed by atoms with Gasteiger partial charge in [-0.15, -0.1) is 10.2 Å². The Kier molecular flexibility index (Phi) is 2.57. The molecule has 0 aliphatic heterocycles. The molecule has 3 rings (SSSR count). The van der Waals surface area contributed by atoms with Crippen LogP contribution in [0.15, 0.2) is 47.2 Å². The van der Waals surface area contributed by atoms with Gasteiger partial charge in [-0.2, -0.15) is 0 Å². The molecule has 5 nitrogen and oxygen atoms in total. The third-order valence-electron chi connectivity index (χ3n) is 2.53. The molecule has 0 bridgehead atoms. The van der Waals surface area contributed by atoms with Crippen LogP contribution in [0.25, 0.3) is 23.0 Å². The van der Waals surface area contributed by atoms with Gasteiger partial charge in [0.05, 0.1) is 11.9 Å². The maximum absolute atomic E-state index is 5.14. The molecule has 5 heteroatoms. The Balaban J connectivity index is 2.05. The first kappa shape index (κ1) is 10.6. The lowest BCUT2D eigenvalue weighted by Crippen LogP contribution is -1.99. The van der Waals surface area contributed by atoms with Crippen LogP contribution in [-0.2, 0) is 0 Å². The normalized spacial score (nSPS) is 10.5. The van der Waals surface area contributed by atoms with E-state index in [2.05, 4.69) is 20.2 Å². The number of benzene rings is 1. The third-order valence-corrected chi connectivity index (χ3v) is 2.53. The molecule has 0 saturated carbocycles. The summed E-state index contributed by atoms with van der Waals surface area (Å²) in [5, 5.41) is 8.23. The average molecular weight is 238 g/mol. The predicted octanol–water partition coefficient (Wildman–Crippen LogP) is 2.50. The number of rotatable bonds is 2. The maximum Gasteiger partial charge on any atom is 0.266 e. The number of aromatic nitrogens is 4. The van der Waals surface area contributed by atoms with E-state index in [0.29, 0.717) is 11.7 Å². The minimum Gasteiger partial charge on any atom is -0.442 e. The first-order valence-electron chi connectivity index (χ1n) is 5.51. The summed E-state index contributed by atoms with van der Waals surface area (Å²) >= 11 is 0. The van der Waals surface area contributed by atoms with Gasteiger partial charge in [-0.1, -0.05) is 30.3 Å². The van der Waals surface area contributed by atoms with Crippen molar-refractivity contribution in [1.29, 1.82) is 0 Å². The summed E-state index contributed by atoms with van der Waals surface area (Å²) in [6.07, 6.45) is 3.04. The molecule has 3 aromatic rings. The molecule has 2 heterocycles. The molecule has 0 spiro atoms. The number of hydrogen-bond acceptors (Lipinski definition) is 5. The predicted molar refractivity (Wildman–Crippen MR) is 65.5 cm³/mol. The van der Waals surface area contributed by atoms with Crippen LogP contribution >= 0.6 is 0 Å². The SMILES string of the molecule is Cc1nc(-c2ncco2)nnc1-c1ccccc1. The molecule has 0 aliphatic rings. The zero-order valence-electron chi connectivity index (χ0n) is 9.74. The van der Waals surface area contributed by atoms with Crippen molar-refractivity contribution >= 4 is 0 Å². The van der Waals surface area contributed by atoms with Crippen molar-refractivity contribution in [3.05, 3.63) is 48.5 Å². The fraction of sp³-hybridized carbons (Fsp3) is 0.0769. The van der Waals surface area contributed by atoms with Crippen molar-refractivity contribution < 1.29 is 4.42 Å². The highest BCUT2D eigenvalue weighted by Gasteiger charge is 2.11. The van der Waals surface area contributed by atoms with E-state index < -0.39 is 0 Å². The van der Waals surface area contributed by atoms with Crippen molar-refractivity contribution in [3.63, 3.8) is 0 Å². The van der Waals surface area contributed by atoms with Gasteiger partial charge in [0.1, 0.15) is 12.0 Å². The Morgan fingerprint density at radius 2 is 1.89 bits per heavy atom. The van der Waals surface area contributed by atoms with Gasteiger partial charge in [0, 0.05) is 5.56 Å². The van der Waals surface area contributed by atoms with Gasteiger partial charge in [0.25, 0.3) is 5.89 Å².